The quantitative estimate of drug-likeness (QED) is 0.321. The zero-order chi connectivity index (χ0) is 18.4. The van der Waals surface area contributed by atoms with Crippen molar-refractivity contribution < 1.29 is 4.42 Å². The second kappa shape index (κ2) is 6.14. The molecule has 1 aromatic heterocycles. The molecule has 1 nitrogen and oxygen atoms in total. The van der Waals surface area contributed by atoms with E-state index in [1.54, 1.807) is 0 Å². The Morgan fingerprint density at radius 1 is 0.519 bits per heavy atom. The van der Waals surface area contributed by atoms with Crippen molar-refractivity contribution in [3.63, 3.8) is 0 Å². The van der Waals surface area contributed by atoms with Gasteiger partial charge in [-0.3, -0.25) is 0 Å². The van der Waals surface area contributed by atoms with Gasteiger partial charge in [0.2, 0.25) is 0 Å². The largest absolute Gasteiger partial charge is 0.456 e. The molecule has 1 heterocycles. The van der Waals surface area contributed by atoms with Gasteiger partial charge in [-0.2, -0.15) is 0 Å². The van der Waals surface area contributed by atoms with Gasteiger partial charge in [0.15, 0.2) is 0 Å². The molecule has 27 heavy (non-hydrogen) atoms. The number of fused-ring (bicyclic) bond motifs is 3. The lowest BCUT2D eigenvalue weighted by Gasteiger charge is -2.07. The highest BCUT2D eigenvalue weighted by Crippen LogP contribution is 2.37. The summed E-state index contributed by atoms with van der Waals surface area (Å²) in [6.45, 7) is 4.30. The lowest BCUT2D eigenvalue weighted by Crippen LogP contribution is -1.84. The van der Waals surface area contributed by atoms with Crippen LogP contribution in [0.2, 0.25) is 0 Å². The van der Waals surface area contributed by atoms with Crippen molar-refractivity contribution in [3.05, 3.63) is 96.1 Å². The van der Waals surface area contributed by atoms with Crippen LogP contribution in [0.3, 0.4) is 0 Å². The summed E-state index contributed by atoms with van der Waals surface area (Å²) in [4.78, 5) is 0. The highest BCUT2D eigenvalue weighted by molar-refractivity contribution is 6.08. The van der Waals surface area contributed by atoms with Gasteiger partial charge in [-0.25, -0.2) is 0 Å². The summed E-state index contributed by atoms with van der Waals surface area (Å²) in [5.41, 5.74) is 9.35. The number of hydrogen-bond acceptors (Lipinski definition) is 1. The van der Waals surface area contributed by atoms with Crippen LogP contribution in [0.5, 0.6) is 0 Å². The van der Waals surface area contributed by atoms with E-state index in [9.17, 15) is 0 Å². The highest BCUT2D eigenvalue weighted by atomic mass is 16.3. The summed E-state index contributed by atoms with van der Waals surface area (Å²) in [6, 6.07) is 30.0. The summed E-state index contributed by atoms with van der Waals surface area (Å²) in [5, 5.41) is 2.35. The number of furan rings is 1. The Hall–Kier alpha value is -3.32. The molecule has 0 aliphatic rings. The molecule has 0 saturated heterocycles. The topological polar surface area (TPSA) is 13.1 Å². The third kappa shape index (κ3) is 2.63. The maximum Gasteiger partial charge on any atom is 0.135 e. The van der Waals surface area contributed by atoms with Gasteiger partial charge in [0.05, 0.1) is 0 Å². The third-order valence-electron chi connectivity index (χ3n) is 5.33. The molecule has 0 spiro atoms. The first-order chi connectivity index (χ1) is 13.2. The predicted molar refractivity (Wildman–Crippen MR) is 114 cm³/mol. The number of benzene rings is 4. The van der Waals surface area contributed by atoms with Gasteiger partial charge in [0, 0.05) is 10.8 Å². The van der Waals surface area contributed by atoms with Gasteiger partial charge in [0.1, 0.15) is 11.2 Å². The molecule has 0 aliphatic carbocycles. The summed E-state index contributed by atoms with van der Waals surface area (Å²) < 4.78 is 6.20. The van der Waals surface area contributed by atoms with Crippen LogP contribution in [-0.2, 0) is 0 Å². The van der Waals surface area contributed by atoms with Crippen LogP contribution in [0, 0.1) is 13.8 Å². The predicted octanol–water partition coefficient (Wildman–Crippen LogP) is 7.54. The standard InChI is InChI=1S/C26H20O/c1-17-13-25-23(15-21(17)19-9-5-3-6-10-19)24-16-22(18(2)14-26(24)27-25)20-11-7-4-8-12-20/h3-16H,1-2H3. The molecule has 1 heteroatoms. The molecule has 0 unspecified atom stereocenters. The Balaban J connectivity index is 1.80. The first-order valence-electron chi connectivity index (χ1n) is 9.29. The van der Waals surface area contributed by atoms with Crippen molar-refractivity contribution in [2.24, 2.45) is 0 Å². The zero-order valence-corrected chi connectivity index (χ0v) is 15.5. The SMILES string of the molecule is Cc1cc2oc3cc(C)c(-c4ccccc4)cc3c2cc1-c1ccccc1. The van der Waals surface area contributed by atoms with Gasteiger partial charge >= 0.3 is 0 Å². The van der Waals surface area contributed by atoms with E-state index in [2.05, 4.69) is 98.8 Å². The van der Waals surface area contributed by atoms with Gasteiger partial charge < -0.3 is 4.42 Å². The van der Waals surface area contributed by atoms with Crippen molar-refractivity contribution in [2.45, 2.75) is 13.8 Å². The molecule has 0 N–H and O–H groups in total. The van der Waals surface area contributed by atoms with E-state index in [1.165, 1.54) is 44.2 Å². The van der Waals surface area contributed by atoms with Crippen LogP contribution in [0.15, 0.2) is 89.3 Å². The molecule has 5 rings (SSSR count). The molecule has 0 fully saturated rings. The Morgan fingerprint density at radius 2 is 0.926 bits per heavy atom. The minimum atomic E-state index is 0.951. The number of hydrogen-bond donors (Lipinski definition) is 0. The van der Waals surface area contributed by atoms with E-state index in [0.29, 0.717) is 0 Å². The summed E-state index contributed by atoms with van der Waals surface area (Å²) in [5.74, 6) is 0. The van der Waals surface area contributed by atoms with Crippen LogP contribution in [0.1, 0.15) is 11.1 Å². The fraction of sp³-hybridized carbons (Fsp3) is 0.0769. The Kier molecular flexibility index (Phi) is 3.61. The lowest BCUT2D eigenvalue weighted by molar-refractivity contribution is 0.668. The maximum atomic E-state index is 6.20. The fourth-order valence-corrected chi connectivity index (χ4v) is 3.93. The van der Waals surface area contributed by atoms with Crippen LogP contribution < -0.4 is 0 Å². The van der Waals surface area contributed by atoms with Gasteiger partial charge in [-0.05, 0) is 71.5 Å². The van der Waals surface area contributed by atoms with Crippen LogP contribution in [0.4, 0.5) is 0 Å². The highest BCUT2D eigenvalue weighted by Gasteiger charge is 2.13. The molecule has 4 aromatic carbocycles. The summed E-state index contributed by atoms with van der Waals surface area (Å²) >= 11 is 0. The molecule has 5 aromatic rings. The van der Waals surface area contributed by atoms with E-state index in [4.69, 9.17) is 4.42 Å². The Bertz CT molecular complexity index is 1160. The van der Waals surface area contributed by atoms with Crippen molar-refractivity contribution in [1.82, 2.24) is 0 Å². The molecule has 0 atom stereocenters. The van der Waals surface area contributed by atoms with Gasteiger partial charge in [0.25, 0.3) is 0 Å². The minimum absolute atomic E-state index is 0.951. The number of rotatable bonds is 2. The maximum absolute atomic E-state index is 6.20. The van der Waals surface area contributed by atoms with Crippen LogP contribution >= 0.6 is 0 Å². The summed E-state index contributed by atoms with van der Waals surface area (Å²) in [7, 11) is 0. The lowest BCUT2D eigenvalue weighted by atomic mass is 9.95. The molecular formula is C26H20O. The number of aryl methyl sites for hydroxylation is 2. The first-order valence-corrected chi connectivity index (χ1v) is 9.29. The fourth-order valence-electron chi connectivity index (χ4n) is 3.93. The van der Waals surface area contributed by atoms with Crippen molar-refractivity contribution in [1.29, 1.82) is 0 Å². The summed E-state index contributed by atoms with van der Waals surface area (Å²) in [6.07, 6.45) is 0. The molecular weight excluding hydrogens is 328 g/mol. The third-order valence-corrected chi connectivity index (χ3v) is 5.33. The molecule has 0 aliphatic heterocycles. The second-order valence-electron chi connectivity index (χ2n) is 7.16. The van der Waals surface area contributed by atoms with Crippen molar-refractivity contribution in [3.8, 4) is 22.3 Å². The van der Waals surface area contributed by atoms with E-state index in [1.807, 2.05) is 0 Å². The van der Waals surface area contributed by atoms with Gasteiger partial charge in [-0.1, -0.05) is 60.7 Å². The van der Waals surface area contributed by atoms with Crippen LogP contribution in [0.25, 0.3) is 44.2 Å². The second-order valence-corrected chi connectivity index (χ2v) is 7.16. The minimum Gasteiger partial charge on any atom is -0.456 e. The van der Waals surface area contributed by atoms with E-state index < -0.39 is 0 Å². The van der Waals surface area contributed by atoms with Crippen molar-refractivity contribution >= 4 is 21.9 Å². The monoisotopic (exact) mass is 348 g/mol. The zero-order valence-electron chi connectivity index (χ0n) is 15.5. The average Bonchev–Trinajstić information content (AvgIpc) is 3.03. The van der Waals surface area contributed by atoms with E-state index in [-0.39, 0.29) is 0 Å². The van der Waals surface area contributed by atoms with E-state index >= 15 is 0 Å². The molecule has 0 saturated carbocycles. The van der Waals surface area contributed by atoms with E-state index in [0.717, 1.165) is 11.2 Å². The molecule has 0 radical (unpaired) electrons. The van der Waals surface area contributed by atoms with Gasteiger partial charge in [-0.15, -0.1) is 0 Å². The van der Waals surface area contributed by atoms with Crippen molar-refractivity contribution in [2.75, 3.05) is 0 Å². The molecule has 0 bridgehead atoms. The Labute approximate surface area is 158 Å². The molecule has 0 amide bonds. The smallest absolute Gasteiger partial charge is 0.135 e. The van der Waals surface area contributed by atoms with Crippen LogP contribution in [-0.4, -0.2) is 0 Å². The normalized spacial score (nSPS) is 11.3. The first kappa shape index (κ1) is 15.9. The Morgan fingerprint density at radius 3 is 1.33 bits per heavy atom. The average molecular weight is 348 g/mol. The molecule has 130 valence electrons.